The van der Waals surface area contributed by atoms with Gasteiger partial charge in [0.2, 0.25) is 12.2 Å². The molecule has 3 aromatic rings. The lowest BCUT2D eigenvalue weighted by Gasteiger charge is -1.97. The van der Waals surface area contributed by atoms with E-state index in [0.717, 1.165) is 16.7 Å². The number of carbonyl (C=O) groups is 1. The van der Waals surface area contributed by atoms with E-state index in [2.05, 4.69) is 4.98 Å². The number of nitrogens with one attached hydrogen (secondary N) is 1. The number of benzene rings is 2. The molecule has 0 aliphatic rings. The molecule has 0 saturated heterocycles. The molecule has 0 aliphatic heterocycles. The van der Waals surface area contributed by atoms with E-state index in [1.165, 1.54) is 0 Å². The molecule has 0 unspecified atom stereocenters. The topological polar surface area (TPSA) is 62.8 Å². The quantitative estimate of drug-likeness (QED) is 0.654. The Morgan fingerprint density at radius 1 is 1.11 bits per heavy atom. The van der Waals surface area contributed by atoms with Gasteiger partial charge in [0.1, 0.15) is 5.69 Å². The Morgan fingerprint density at radius 2 is 1.89 bits per heavy atom. The van der Waals surface area contributed by atoms with Crippen molar-refractivity contribution in [3.05, 3.63) is 60.4 Å². The van der Waals surface area contributed by atoms with Gasteiger partial charge in [-0.05, 0) is 24.3 Å². The summed E-state index contributed by atoms with van der Waals surface area (Å²) in [6.45, 7) is 0. The van der Waals surface area contributed by atoms with Gasteiger partial charge in [0.25, 0.3) is 0 Å². The van der Waals surface area contributed by atoms with Crippen LogP contribution in [0.1, 0.15) is 10.4 Å². The molecule has 2 aromatic carbocycles. The number of aromatic nitrogens is 2. The molecular weight excluding hydrogens is 226 g/mol. The van der Waals surface area contributed by atoms with Gasteiger partial charge in [-0.3, -0.25) is 4.79 Å². The predicted octanol–water partition coefficient (Wildman–Crippen LogP) is 1.54. The summed E-state index contributed by atoms with van der Waals surface area (Å²) in [5.74, 6) is -0.419. The molecule has 1 amide bonds. The number of carbonyl (C=O) groups excluding carboxylic acids is 1. The van der Waals surface area contributed by atoms with Crippen molar-refractivity contribution in [1.82, 2.24) is 4.98 Å². The van der Waals surface area contributed by atoms with E-state index in [1.54, 1.807) is 12.1 Å². The molecule has 88 valence electrons. The number of amides is 1. The van der Waals surface area contributed by atoms with Gasteiger partial charge in [-0.25, -0.2) is 4.98 Å². The summed E-state index contributed by atoms with van der Waals surface area (Å²) in [6, 6.07) is 15.4. The minimum absolute atomic E-state index is 0.419. The van der Waals surface area contributed by atoms with E-state index in [4.69, 9.17) is 5.73 Å². The number of H-pyrrole nitrogens is 1. The zero-order valence-corrected chi connectivity index (χ0v) is 9.63. The van der Waals surface area contributed by atoms with Crippen LogP contribution >= 0.6 is 0 Å². The molecule has 1 aromatic heterocycles. The van der Waals surface area contributed by atoms with Crippen LogP contribution in [0.15, 0.2) is 54.9 Å². The zero-order chi connectivity index (χ0) is 12.5. The molecule has 18 heavy (non-hydrogen) atoms. The monoisotopic (exact) mass is 238 g/mol. The van der Waals surface area contributed by atoms with Crippen molar-refractivity contribution in [2.45, 2.75) is 0 Å². The Bertz CT molecular complexity index is 716. The van der Waals surface area contributed by atoms with E-state index >= 15 is 0 Å². The number of nitrogens with two attached hydrogens (primary N) is 1. The first-order valence-corrected chi connectivity index (χ1v) is 5.64. The standard InChI is InChI=1S/C14H11N3O/c15-14(18)10-6-7-13-12(8-10)16-9-17(13)11-4-2-1-3-5-11/h1-9H,(H2,15,18)/p+1. The highest BCUT2D eigenvalue weighted by Crippen LogP contribution is 2.12. The smallest absolute Gasteiger partial charge is 0.248 e. The number of hydrogen-bond donors (Lipinski definition) is 2. The molecular formula is C14H12N3O+. The van der Waals surface area contributed by atoms with Crippen molar-refractivity contribution in [1.29, 1.82) is 0 Å². The van der Waals surface area contributed by atoms with E-state index in [0.29, 0.717) is 5.56 Å². The largest absolute Gasteiger partial charge is 0.366 e. The van der Waals surface area contributed by atoms with Crippen LogP contribution in [-0.2, 0) is 0 Å². The molecule has 0 fully saturated rings. The maximum atomic E-state index is 11.1. The average Bonchev–Trinajstić information content (AvgIpc) is 2.82. The van der Waals surface area contributed by atoms with Crippen molar-refractivity contribution in [2.24, 2.45) is 5.73 Å². The highest BCUT2D eigenvalue weighted by atomic mass is 16.1. The number of rotatable bonds is 2. The Kier molecular flexibility index (Phi) is 2.34. The maximum absolute atomic E-state index is 11.1. The summed E-state index contributed by atoms with van der Waals surface area (Å²) in [5, 5.41) is 0. The zero-order valence-electron chi connectivity index (χ0n) is 9.63. The molecule has 4 heteroatoms. The van der Waals surface area contributed by atoms with Crippen LogP contribution in [-0.4, -0.2) is 10.9 Å². The van der Waals surface area contributed by atoms with Gasteiger partial charge in [0.15, 0.2) is 11.0 Å². The number of primary amides is 1. The van der Waals surface area contributed by atoms with Crippen LogP contribution in [0.2, 0.25) is 0 Å². The number of imidazole rings is 1. The Labute approximate surface area is 104 Å². The minimum Gasteiger partial charge on any atom is -0.366 e. The second-order valence-corrected chi connectivity index (χ2v) is 4.08. The second-order valence-electron chi connectivity index (χ2n) is 4.08. The van der Waals surface area contributed by atoms with Crippen LogP contribution in [0.5, 0.6) is 0 Å². The normalized spacial score (nSPS) is 10.7. The molecule has 0 atom stereocenters. The SMILES string of the molecule is NC(=O)c1ccc2c(c1)[nH]c[n+]2-c1ccccc1. The molecule has 3 rings (SSSR count). The third-order valence-electron chi connectivity index (χ3n) is 2.92. The summed E-state index contributed by atoms with van der Waals surface area (Å²) >= 11 is 0. The minimum atomic E-state index is -0.419. The van der Waals surface area contributed by atoms with E-state index in [1.807, 2.05) is 47.3 Å². The fourth-order valence-electron chi connectivity index (χ4n) is 2.02. The predicted molar refractivity (Wildman–Crippen MR) is 68.3 cm³/mol. The first-order valence-electron chi connectivity index (χ1n) is 5.64. The fourth-order valence-corrected chi connectivity index (χ4v) is 2.02. The molecule has 3 N–H and O–H groups in total. The summed E-state index contributed by atoms with van der Waals surface area (Å²) in [4.78, 5) is 14.3. The van der Waals surface area contributed by atoms with Gasteiger partial charge < -0.3 is 5.73 Å². The molecule has 0 aliphatic carbocycles. The van der Waals surface area contributed by atoms with Crippen LogP contribution in [0, 0.1) is 0 Å². The summed E-state index contributed by atoms with van der Waals surface area (Å²) in [5.41, 5.74) is 8.72. The average molecular weight is 238 g/mol. The lowest BCUT2D eigenvalue weighted by Crippen LogP contribution is -2.28. The summed E-state index contributed by atoms with van der Waals surface area (Å²) in [6.07, 6.45) is 1.87. The third-order valence-corrected chi connectivity index (χ3v) is 2.92. The number of aromatic amines is 1. The van der Waals surface area contributed by atoms with Crippen LogP contribution in [0.4, 0.5) is 0 Å². The van der Waals surface area contributed by atoms with Gasteiger partial charge >= 0.3 is 0 Å². The molecule has 0 spiro atoms. The number of nitrogens with zero attached hydrogens (tertiary/aromatic N) is 1. The van der Waals surface area contributed by atoms with Gasteiger partial charge in [-0.15, -0.1) is 0 Å². The molecule has 0 radical (unpaired) electrons. The maximum Gasteiger partial charge on any atom is 0.248 e. The van der Waals surface area contributed by atoms with Crippen molar-refractivity contribution >= 4 is 16.9 Å². The van der Waals surface area contributed by atoms with Crippen molar-refractivity contribution in [3.8, 4) is 5.69 Å². The van der Waals surface area contributed by atoms with E-state index in [-0.39, 0.29) is 0 Å². The lowest BCUT2D eigenvalue weighted by molar-refractivity contribution is -0.567. The van der Waals surface area contributed by atoms with Gasteiger partial charge in [0.05, 0.1) is 0 Å². The van der Waals surface area contributed by atoms with Crippen molar-refractivity contribution < 1.29 is 9.36 Å². The van der Waals surface area contributed by atoms with Crippen LogP contribution in [0.3, 0.4) is 0 Å². The number of fused-ring (bicyclic) bond motifs is 1. The first-order chi connectivity index (χ1) is 8.75. The second kappa shape index (κ2) is 4.00. The van der Waals surface area contributed by atoms with Gasteiger partial charge in [0, 0.05) is 11.6 Å². The summed E-state index contributed by atoms with van der Waals surface area (Å²) in [7, 11) is 0. The lowest BCUT2D eigenvalue weighted by atomic mass is 10.2. The van der Waals surface area contributed by atoms with Crippen LogP contribution < -0.4 is 10.3 Å². The van der Waals surface area contributed by atoms with E-state index in [9.17, 15) is 4.79 Å². The Balaban J connectivity index is 2.19. The molecule has 0 saturated carbocycles. The number of para-hydroxylation sites is 1. The van der Waals surface area contributed by atoms with Crippen LogP contribution in [0.25, 0.3) is 16.7 Å². The van der Waals surface area contributed by atoms with Gasteiger partial charge in [-0.2, -0.15) is 4.57 Å². The Hall–Kier alpha value is -2.62. The highest BCUT2D eigenvalue weighted by Gasteiger charge is 2.13. The van der Waals surface area contributed by atoms with Crippen molar-refractivity contribution in [2.75, 3.05) is 0 Å². The summed E-state index contributed by atoms with van der Waals surface area (Å²) < 4.78 is 2.03. The fraction of sp³-hybridized carbons (Fsp3) is 0. The van der Waals surface area contributed by atoms with Gasteiger partial charge in [-0.1, -0.05) is 18.2 Å². The first kappa shape index (κ1) is 10.5. The molecule has 0 bridgehead atoms. The molecule has 4 nitrogen and oxygen atoms in total. The van der Waals surface area contributed by atoms with E-state index < -0.39 is 5.91 Å². The third kappa shape index (κ3) is 1.64. The Morgan fingerprint density at radius 3 is 2.61 bits per heavy atom. The number of hydrogen-bond acceptors (Lipinski definition) is 1. The molecule has 1 heterocycles. The van der Waals surface area contributed by atoms with Crippen molar-refractivity contribution in [3.63, 3.8) is 0 Å². The highest BCUT2D eigenvalue weighted by molar-refractivity contribution is 5.95.